The van der Waals surface area contributed by atoms with Crippen molar-refractivity contribution in [1.82, 2.24) is 10.3 Å². The summed E-state index contributed by atoms with van der Waals surface area (Å²) in [5.41, 5.74) is 1.97. The minimum atomic E-state index is -0.426. The zero-order valence-electron chi connectivity index (χ0n) is 14.9. The molecule has 0 aromatic carbocycles. The number of aromatic amines is 1. The molecule has 24 heavy (non-hydrogen) atoms. The molecule has 0 aliphatic carbocycles. The van der Waals surface area contributed by atoms with Gasteiger partial charge in [0.15, 0.2) is 0 Å². The number of carbonyl (C=O) groups is 2. The number of amides is 1. The summed E-state index contributed by atoms with van der Waals surface area (Å²) in [5.74, 6) is 0.753. The largest absolute Gasteiger partial charge is 0.464 e. The van der Waals surface area contributed by atoms with Gasteiger partial charge in [-0.05, 0) is 59.2 Å². The number of rotatable bonds is 5. The Morgan fingerprint density at radius 3 is 2.38 bits per heavy atom. The third-order valence-corrected chi connectivity index (χ3v) is 3.75. The van der Waals surface area contributed by atoms with Gasteiger partial charge in [-0.3, -0.25) is 4.79 Å². The van der Waals surface area contributed by atoms with E-state index in [1.807, 2.05) is 26.0 Å². The minimum Gasteiger partial charge on any atom is -0.464 e. The molecule has 6 heteroatoms. The summed E-state index contributed by atoms with van der Waals surface area (Å²) in [6, 6.07) is 3.40. The molecule has 2 N–H and O–H groups in total. The van der Waals surface area contributed by atoms with Crippen molar-refractivity contribution >= 4 is 11.9 Å². The predicted molar refractivity (Wildman–Crippen MR) is 90.1 cm³/mol. The Balaban J connectivity index is 2.20. The van der Waals surface area contributed by atoms with Gasteiger partial charge in [-0.25, -0.2) is 4.79 Å². The summed E-state index contributed by atoms with van der Waals surface area (Å²) in [4.78, 5) is 27.7. The highest BCUT2D eigenvalue weighted by Crippen LogP contribution is 2.21. The van der Waals surface area contributed by atoms with Crippen LogP contribution in [0.2, 0.25) is 0 Å². The second-order valence-electron chi connectivity index (χ2n) is 6.22. The maximum absolute atomic E-state index is 12.5. The lowest BCUT2D eigenvalue weighted by Gasteiger charge is -2.11. The number of hydrogen-bond acceptors (Lipinski definition) is 4. The zero-order valence-corrected chi connectivity index (χ0v) is 14.9. The van der Waals surface area contributed by atoms with E-state index in [4.69, 9.17) is 9.15 Å². The van der Waals surface area contributed by atoms with E-state index in [-0.39, 0.29) is 18.1 Å². The van der Waals surface area contributed by atoms with Crippen molar-refractivity contribution in [3.8, 4) is 0 Å². The molecule has 2 heterocycles. The van der Waals surface area contributed by atoms with Gasteiger partial charge in [0.1, 0.15) is 17.2 Å². The van der Waals surface area contributed by atoms with Gasteiger partial charge in [-0.15, -0.1) is 0 Å². The maximum atomic E-state index is 12.5. The first-order valence-corrected chi connectivity index (χ1v) is 7.98. The molecule has 130 valence electrons. The van der Waals surface area contributed by atoms with Crippen LogP contribution in [0, 0.1) is 20.8 Å². The predicted octanol–water partition coefficient (Wildman–Crippen LogP) is 3.59. The molecule has 1 amide bonds. The van der Waals surface area contributed by atoms with Crippen LogP contribution in [0.1, 0.15) is 70.4 Å². The van der Waals surface area contributed by atoms with Crippen LogP contribution in [0.15, 0.2) is 16.5 Å². The fraction of sp³-hybridized carbons (Fsp3) is 0.444. The Bertz CT molecular complexity index is 755. The van der Waals surface area contributed by atoms with Gasteiger partial charge >= 0.3 is 5.97 Å². The number of hydrogen-bond donors (Lipinski definition) is 2. The van der Waals surface area contributed by atoms with Gasteiger partial charge in [0.2, 0.25) is 0 Å². The number of carbonyl (C=O) groups excluding carboxylic acids is 2. The zero-order chi connectivity index (χ0) is 18.0. The lowest BCUT2D eigenvalue weighted by atomic mass is 10.1. The molecule has 6 nitrogen and oxygen atoms in total. The minimum absolute atomic E-state index is 0.217. The van der Waals surface area contributed by atoms with Crippen molar-refractivity contribution in [2.45, 2.75) is 53.7 Å². The van der Waals surface area contributed by atoms with Gasteiger partial charge in [0.25, 0.3) is 5.91 Å². The maximum Gasteiger partial charge on any atom is 0.340 e. The highest BCUT2D eigenvalue weighted by Gasteiger charge is 2.24. The van der Waals surface area contributed by atoms with Crippen molar-refractivity contribution < 1.29 is 18.7 Å². The van der Waals surface area contributed by atoms with Gasteiger partial charge in [0, 0.05) is 5.69 Å². The van der Waals surface area contributed by atoms with Crippen molar-refractivity contribution in [1.29, 1.82) is 0 Å². The van der Waals surface area contributed by atoms with Crippen LogP contribution in [0.3, 0.4) is 0 Å². The second kappa shape index (κ2) is 6.95. The van der Waals surface area contributed by atoms with Crippen molar-refractivity contribution in [2.24, 2.45) is 0 Å². The molecule has 0 spiro atoms. The lowest BCUT2D eigenvalue weighted by Crippen LogP contribution is -2.27. The van der Waals surface area contributed by atoms with Gasteiger partial charge in [0.05, 0.1) is 17.7 Å². The van der Waals surface area contributed by atoms with E-state index < -0.39 is 5.97 Å². The Labute approximate surface area is 141 Å². The molecule has 0 bridgehead atoms. The van der Waals surface area contributed by atoms with Crippen molar-refractivity contribution in [2.75, 3.05) is 0 Å². The fourth-order valence-corrected chi connectivity index (χ4v) is 2.58. The Kier molecular flexibility index (Phi) is 5.17. The number of nitrogens with one attached hydrogen (secondary N) is 2. The molecular formula is C18H24N2O4. The van der Waals surface area contributed by atoms with E-state index in [0.717, 1.165) is 5.76 Å². The number of aryl methyl sites for hydroxylation is 2. The molecule has 0 radical (unpaired) electrons. The molecular weight excluding hydrogens is 308 g/mol. The van der Waals surface area contributed by atoms with Gasteiger partial charge in [-0.2, -0.15) is 0 Å². The topological polar surface area (TPSA) is 84.3 Å². The van der Waals surface area contributed by atoms with E-state index in [9.17, 15) is 9.59 Å². The average Bonchev–Trinajstić information content (AvgIpc) is 3.02. The monoisotopic (exact) mass is 332 g/mol. The highest BCUT2D eigenvalue weighted by atomic mass is 16.5. The van der Waals surface area contributed by atoms with Crippen molar-refractivity contribution in [3.05, 3.63) is 46.2 Å². The van der Waals surface area contributed by atoms with Crippen LogP contribution in [-0.2, 0) is 4.74 Å². The number of H-pyrrole nitrogens is 1. The smallest absolute Gasteiger partial charge is 0.340 e. The summed E-state index contributed by atoms with van der Waals surface area (Å²) >= 11 is 0. The van der Waals surface area contributed by atoms with Crippen LogP contribution in [0.4, 0.5) is 0 Å². The molecule has 0 saturated heterocycles. The number of furan rings is 1. The quantitative estimate of drug-likeness (QED) is 0.820. The normalized spacial score (nSPS) is 12.3. The van der Waals surface area contributed by atoms with Crippen LogP contribution < -0.4 is 5.32 Å². The Hall–Kier alpha value is -2.50. The first-order valence-electron chi connectivity index (χ1n) is 7.98. The molecule has 1 atom stereocenters. The molecule has 2 rings (SSSR count). The molecule has 2 aromatic rings. The number of aromatic nitrogens is 1. The molecule has 0 aliphatic rings. The molecule has 1 unspecified atom stereocenters. The first-order chi connectivity index (χ1) is 11.2. The SMILES string of the molecule is Cc1ccc(C(C)NC(=O)c2[nH]c(C)c(C(=O)OC(C)C)c2C)o1. The lowest BCUT2D eigenvalue weighted by molar-refractivity contribution is 0.0376. The standard InChI is InChI=1S/C18H24N2O4/c1-9(2)23-18(22)15-11(4)16(19-13(15)6)17(21)20-12(5)14-8-7-10(3)24-14/h7-9,12,19H,1-6H3,(H,20,21). The van der Waals surface area contributed by atoms with E-state index in [2.05, 4.69) is 10.3 Å². The summed E-state index contributed by atoms with van der Waals surface area (Å²) in [6.07, 6.45) is -0.217. The molecule has 0 fully saturated rings. The number of esters is 1. The Morgan fingerprint density at radius 2 is 1.83 bits per heavy atom. The third-order valence-electron chi connectivity index (χ3n) is 3.75. The molecule has 0 aliphatic heterocycles. The Morgan fingerprint density at radius 1 is 1.17 bits per heavy atom. The summed E-state index contributed by atoms with van der Waals surface area (Å²) in [5, 5.41) is 2.87. The summed E-state index contributed by atoms with van der Waals surface area (Å²) in [7, 11) is 0. The van der Waals surface area contributed by atoms with Gasteiger partial charge < -0.3 is 19.5 Å². The van der Waals surface area contributed by atoms with Crippen molar-refractivity contribution in [3.63, 3.8) is 0 Å². The first kappa shape index (κ1) is 17.8. The van der Waals surface area contributed by atoms with Crippen LogP contribution in [0.25, 0.3) is 0 Å². The van der Waals surface area contributed by atoms with E-state index in [1.165, 1.54) is 0 Å². The molecule has 2 aromatic heterocycles. The second-order valence-corrected chi connectivity index (χ2v) is 6.22. The number of ether oxygens (including phenoxy) is 1. The van der Waals surface area contributed by atoms with Crippen LogP contribution in [-0.4, -0.2) is 23.0 Å². The molecule has 0 saturated carbocycles. The summed E-state index contributed by atoms with van der Waals surface area (Å²) in [6.45, 7) is 10.8. The average molecular weight is 332 g/mol. The van der Waals surface area contributed by atoms with Gasteiger partial charge in [-0.1, -0.05) is 0 Å². The highest BCUT2D eigenvalue weighted by molar-refractivity contribution is 6.00. The fourth-order valence-electron chi connectivity index (χ4n) is 2.58. The summed E-state index contributed by atoms with van der Waals surface area (Å²) < 4.78 is 10.8. The van der Waals surface area contributed by atoms with E-state index in [0.29, 0.717) is 28.3 Å². The van der Waals surface area contributed by atoms with Crippen LogP contribution >= 0.6 is 0 Å². The van der Waals surface area contributed by atoms with E-state index >= 15 is 0 Å². The van der Waals surface area contributed by atoms with Crippen LogP contribution in [0.5, 0.6) is 0 Å². The third kappa shape index (κ3) is 3.69. The van der Waals surface area contributed by atoms with E-state index in [1.54, 1.807) is 27.7 Å².